The van der Waals surface area contributed by atoms with E-state index in [1.165, 1.54) is 12.1 Å². The summed E-state index contributed by atoms with van der Waals surface area (Å²) in [5.41, 5.74) is 1.67. The van der Waals surface area contributed by atoms with Crippen LogP contribution in [0.25, 0.3) is 0 Å². The lowest BCUT2D eigenvalue weighted by atomic mass is 10.1. The molecule has 0 heterocycles. The van der Waals surface area contributed by atoms with Gasteiger partial charge < -0.3 is 10.2 Å². The Morgan fingerprint density at radius 3 is 2.19 bits per heavy atom. The number of amides is 2. The highest BCUT2D eigenvalue weighted by molar-refractivity contribution is 5.88. The average Bonchev–Trinajstić information content (AvgIpc) is 2.66. The van der Waals surface area contributed by atoms with Gasteiger partial charge in [-0.25, -0.2) is 4.39 Å². The van der Waals surface area contributed by atoms with E-state index in [0.29, 0.717) is 24.6 Å². The van der Waals surface area contributed by atoms with Crippen LogP contribution in [0.4, 0.5) is 4.39 Å². The van der Waals surface area contributed by atoms with Crippen molar-refractivity contribution in [2.45, 2.75) is 39.8 Å². The van der Waals surface area contributed by atoms with Crippen LogP contribution in [0.2, 0.25) is 0 Å². The van der Waals surface area contributed by atoms with Crippen molar-refractivity contribution in [2.75, 3.05) is 6.54 Å². The summed E-state index contributed by atoms with van der Waals surface area (Å²) in [4.78, 5) is 27.0. The number of halogens is 1. The molecule has 27 heavy (non-hydrogen) atoms. The van der Waals surface area contributed by atoms with Gasteiger partial charge in [0.05, 0.1) is 6.42 Å². The van der Waals surface area contributed by atoms with Gasteiger partial charge in [-0.05, 0) is 36.1 Å². The van der Waals surface area contributed by atoms with Gasteiger partial charge >= 0.3 is 0 Å². The van der Waals surface area contributed by atoms with Crippen molar-refractivity contribution < 1.29 is 14.0 Å². The lowest BCUT2D eigenvalue weighted by Crippen LogP contribution is -2.48. The van der Waals surface area contributed by atoms with E-state index >= 15 is 0 Å². The zero-order chi connectivity index (χ0) is 19.8. The van der Waals surface area contributed by atoms with E-state index in [9.17, 15) is 14.0 Å². The molecule has 5 heteroatoms. The molecule has 0 aromatic heterocycles. The molecule has 2 aromatic rings. The predicted molar refractivity (Wildman–Crippen MR) is 104 cm³/mol. The molecular formula is C22H27FN2O2. The molecule has 0 saturated heterocycles. The Labute approximate surface area is 160 Å². The van der Waals surface area contributed by atoms with E-state index in [1.807, 2.05) is 44.2 Å². The van der Waals surface area contributed by atoms with Crippen molar-refractivity contribution in [1.82, 2.24) is 10.2 Å². The Balaban J connectivity index is 2.15. The van der Waals surface area contributed by atoms with Gasteiger partial charge in [-0.1, -0.05) is 56.3 Å². The maximum atomic E-state index is 13.1. The van der Waals surface area contributed by atoms with Crippen LogP contribution in [-0.4, -0.2) is 29.3 Å². The molecule has 4 nitrogen and oxygen atoms in total. The normalized spacial score (nSPS) is 11.9. The van der Waals surface area contributed by atoms with Gasteiger partial charge in [-0.2, -0.15) is 0 Å². The van der Waals surface area contributed by atoms with E-state index in [4.69, 9.17) is 0 Å². The minimum absolute atomic E-state index is 0.120. The van der Waals surface area contributed by atoms with Gasteiger partial charge in [0, 0.05) is 13.1 Å². The molecule has 0 spiro atoms. The first-order chi connectivity index (χ1) is 12.9. The second-order valence-electron chi connectivity index (χ2n) is 7.13. The summed E-state index contributed by atoms with van der Waals surface area (Å²) in [5, 5.41) is 2.89. The molecule has 1 atom stereocenters. The monoisotopic (exact) mass is 370 g/mol. The Morgan fingerprint density at radius 1 is 0.963 bits per heavy atom. The van der Waals surface area contributed by atoms with E-state index < -0.39 is 6.04 Å². The summed E-state index contributed by atoms with van der Waals surface area (Å²) >= 11 is 0. The molecule has 2 rings (SSSR count). The third kappa shape index (κ3) is 6.51. The Bertz CT molecular complexity index is 745. The zero-order valence-electron chi connectivity index (χ0n) is 16.1. The first kappa shape index (κ1) is 20.6. The smallest absolute Gasteiger partial charge is 0.242 e. The largest absolute Gasteiger partial charge is 0.354 e. The predicted octanol–water partition coefficient (Wildman–Crippen LogP) is 3.56. The third-order valence-electron chi connectivity index (χ3n) is 4.32. The number of nitrogens with zero attached hydrogens (tertiary/aromatic N) is 1. The fourth-order valence-electron chi connectivity index (χ4n) is 2.69. The van der Waals surface area contributed by atoms with Crippen LogP contribution in [0.15, 0.2) is 54.6 Å². The van der Waals surface area contributed by atoms with Crippen LogP contribution in [0.5, 0.6) is 0 Å². The molecule has 0 aliphatic rings. The fraction of sp³-hybridized carbons (Fsp3) is 0.364. The summed E-state index contributed by atoms with van der Waals surface area (Å²) in [6.45, 7) is 6.69. The molecule has 0 bridgehead atoms. The maximum Gasteiger partial charge on any atom is 0.242 e. The number of carbonyl (C=O) groups excluding carboxylic acids is 2. The van der Waals surface area contributed by atoms with Crippen molar-refractivity contribution in [2.24, 2.45) is 5.92 Å². The van der Waals surface area contributed by atoms with Gasteiger partial charge in [0.1, 0.15) is 11.9 Å². The third-order valence-corrected chi connectivity index (χ3v) is 4.32. The van der Waals surface area contributed by atoms with Gasteiger partial charge in [-0.15, -0.1) is 0 Å². The lowest BCUT2D eigenvalue weighted by Gasteiger charge is -2.29. The fourth-order valence-corrected chi connectivity index (χ4v) is 2.69. The number of carbonyl (C=O) groups is 2. The molecule has 0 radical (unpaired) electrons. The Hall–Kier alpha value is -2.69. The van der Waals surface area contributed by atoms with Crippen LogP contribution in [-0.2, 0) is 22.6 Å². The number of hydrogen-bond acceptors (Lipinski definition) is 2. The van der Waals surface area contributed by atoms with Crippen LogP contribution >= 0.6 is 0 Å². The molecule has 1 N–H and O–H groups in total. The number of rotatable bonds is 8. The molecule has 0 fully saturated rings. The number of hydrogen-bond donors (Lipinski definition) is 1. The Morgan fingerprint density at radius 2 is 1.59 bits per heavy atom. The van der Waals surface area contributed by atoms with Gasteiger partial charge in [0.2, 0.25) is 11.8 Å². The SMILES string of the molecule is CC(C)CNC(=O)[C@@H](C)N(Cc1ccccc1)C(=O)Cc1ccc(F)cc1. The van der Waals surface area contributed by atoms with Crippen LogP contribution in [0, 0.1) is 11.7 Å². The van der Waals surface area contributed by atoms with Crippen molar-refractivity contribution >= 4 is 11.8 Å². The first-order valence-electron chi connectivity index (χ1n) is 9.22. The highest BCUT2D eigenvalue weighted by Gasteiger charge is 2.26. The molecular weight excluding hydrogens is 343 g/mol. The zero-order valence-corrected chi connectivity index (χ0v) is 16.1. The maximum absolute atomic E-state index is 13.1. The van der Waals surface area contributed by atoms with Crippen LogP contribution < -0.4 is 5.32 Å². The average molecular weight is 370 g/mol. The highest BCUT2D eigenvalue weighted by atomic mass is 19.1. The van der Waals surface area contributed by atoms with Crippen molar-refractivity contribution in [1.29, 1.82) is 0 Å². The minimum Gasteiger partial charge on any atom is -0.354 e. The second kappa shape index (κ2) is 9.86. The van der Waals surface area contributed by atoms with Gasteiger partial charge in [0.15, 0.2) is 0 Å². The van der Waals surface area contributed by atoms with E-state index in [2.05, 4.69) is 5.32 Å². The molecule has 0 aliphatic heterocycles. The lowest BCUT2D eigenvalue weighted by molar-refractivity contribution is -0.140. The number of nitrogens with one attached hydrogen (secondary N) is 1. The van der Waals surface area contributed by atoms with E-state index in [0.717, 1.165) is 5.56 Å². The molecule has 2 amide bonds. The topological polar surface area (TPSA) is 49.4 Å². The highest BCUT2D eigenvalue weighted by Crippen LogP contribution is 2.13. The van der Waals surface area contributed by atoms with Crippen LogP contribution in [0.3, 0.4) is 0 Å². The molecule has 0 unspecified atom stereocenters. The van der Waals surface area contributed by atoms with Gasteiger partial charge in [0.25, 0.3) is 0 Å². The second-order valence-corrected chi connectivity index (χ2v) is 7.13. The quantitative estimate of drug-likeness (QED) is 0.772. The molecule has 0 saturated carbocycles. The molecule has 0 aliphatic carbocycles. The minimum atomic E-state index is -0.600. The van der Waals surface area contributed by atoms with Crippen LogP contribution in [0.1, 0.15) is 31.9 Å². The summed E-state index contributed by atoms with van der Waals surface area (Å²) in [6, 6.07) is 14.8. The van der Waals surface area contributed by atoms with E-state index in [-0.39, 0.29) is 24.1 Å². The molecule has 2 aromatic carbocycles. The number of benzene rings is 2. The van der Waals surface area contributed by atoms with Crippen molar-refractivity contribution in [3.8, 4) is 0 Å². The Kier molecular flexibility index (Phi) is 7.53. The van der Waals surface area contributed by atoms with Crippen molar-refractivity contribution in [3.05, 3.63) is 71.5 Å². The van der Waals surface area contributed by atoms with Crippen molar-refractivity contribution in [3.63, 3.8) is 0 Å². The summed E-state index contributed by atoms with van der Waals surface area (Å²) < 4.78 is 13.1. The van der Waals surface area contributed by atoms with E-state index in [1.54, 1.807) is 24.0 Å². The van der Waals surface area contributed by atoms with Gasteiger partial charge in [-0.3, -0.25) is 9.59 Å². The molecule has 144 valence electrons. The standard InChI is InChI=1S/C22H27FN2O2/c1-16(2)14-24-22(27)17(3)25(15-19-7-5-4-6-8-19)21(26)13-18-9-11-20(23)12-10-18/h4-12,16-17H,13-15H2,1-3H3,(H,24,27)/t17-/m1/s1. The summed E-state index contributed by atoms with van der Waals surface area (Å²) in [6.07, 6.45) is 0.120. The summed E-state index contributed by atoms with van der Waals surface area (Å²) in [7, 11) is 0. The first-order valence-corrected chi connectivity index (χ1v) is 9.22. The summed E-state index contributed by atoms with van der Waals surface area (Å²) in [5.74, 6) is -0.350.